The van der Waals surface area contributed by atoms with E-state index in [1.807, 2.05) is 6.07 Å². The Labute approximate surface area is 124 Å². The summed E-state index contributed by atoms with van der Waals surface area (Å²) in [7, 11) is 0. The van der Waals surface area contributed by atoms with E-state index < -0.39 is 0 Å². The maximum atomic E-state index is 6.22. The van der Waals surface area contributed by atoms with E-state index in [0.717, 1.165) is 24.5 Å². The zero-order chi connectivity index (χ0) is 13.5. The second-order valence-corrected chi connectivity index (χ2v) is 6.12. The molecule has 1 atom stereocenters. The van der Waals surface area contributed by atoms with Crippen molar-refractivity contribution in [3.63, 3.8) is 0 Å². The first-order valence-corrected chi connectivity index (χ1v) is 8.04. The van der Waals surface area contributed by atoms with Crippen LogP contribution in [0.15, 0.2) is 41.8 Å². The molecule has 1 nitrogen and oxygen atoms in total. The van der Waals surface area contributed by atoms with Crippen molar-refractivity contribution in [2.75, 3.05) is 13.1 Å². The fraction of sp³-hybridized carbons (Fsp3) is 0.375. The molecule has 0 saturated carbocycles. The standard InChI is InChI=1S/C16H20ClNS/c1-2-9-18-12-14(13-6-4-3-5-7-13)11-16-15(17)8-10-19-16/h3-8,10,14,18H,2,9,11-12H2,1H3. The Morgan fingerprint density at radius 1 is 1.21 bits per heavy atom. The number of rotatable bonds is 7. The third kappa shape index (κ3) is 4.34. The molecular weight excluding hydrogens is 274 g/mol. The smallest absolute Gasteiger partial charge is 0.0545 e. The summed E-state index contributed by atoms with van der Waals surface area (Å²) in [6, 6.07) is 12.7. The van der Waals surface area contributed by atoms with Crippen LogP contribution in [0.3, 0.4) is 0 Å². The lowest BCUT2D eigenvalue weighted by molar-refractivity contribution is 0.579. The molecule has 0 radical (unpaired) electrons. The molecule has 2 rings (SSSR count). The van der Waals surface area contributed by atoms with Crippen LogP contribution in [0.25, 0.3) is 0 Å². The van der Waals surface area contributed by atoms with Crippen LogP contribution in [-0.4, -0.2) is 13.1 Å². The highest BCUT2D eigenvalue weighted by molar-refractivity contribution is 7.10. The average Bonchev–Trinajstić information content (AvgIpc) is 2.84. The van der Waals surface area contributed by atoms with Gasteiger partial charge in [-0.25, -0.2) is 0 Å². The molecule has 0 fully saturated rings. The maximum absolute atomic E-state index is 6.22. The van der Waals surface area contributed by atoms with Crippen LogP contribution in [0.4, 0.5) is 0 Å². The molecule has 0 aliphatic rings. The molecule has 19 heavy (non-hydrogen) atoms. The number of hydrogen-bond acceptors (Lipinski definition) is 2. The monoisotopic (exact) mass is 293 g/mol. The van der Waals surface area contributed by atoms with Gasteiger partial charge in [0.15, 0.2) is 0 Å². The number of thiophene rings is 1. The van der Waals surface area contributed by atoms with Crippen molar-refractivity contribution in [1.82, 2.24) is 5.32 Å². The second-order valence-electron chi connectivity index (χ2n) is 4.71. The van der Waals surface area contributed by atoms with Crippen molar-refractivity contribution < 1.29 is 0 Å². The van der Waals surface area contributed by atoms with E-state index in [9.17, 15) is 0 Å². The number of halogens is 1. The minimum absolute atomic E-state index is 0.490. The van der Waals surface area contributed by atoms with Crippen LogP contribution in [0, 0.1) is 0 Å². The van der Waals surface area contributed by atoms with Gasteiger partial charge in [-0.1, -0.05) is 48.9 Å². The normalized spacial score (nSPS) is 12.5. The molecule has 1 unspecified atom stereocenters. The molecule has 0 spiro atoms. The molecule has 3 heteroatoms. The van der Waals surface area contributed by atoms with Gasteiger partial charge in [0.05, 0.1) is 5.02 Å². The molecule has 2 aromatic rings. The van der Waals surface area contributed by atoms with Gasteiger partial charge in [-0.2, -0.15) is 0 Å². The second kappa shape index (κ2) is 7.68. The van der Waals surface area contributed by atoms with Crippen LogP contribution in [0.2, 0.25) is 5.02 Å². The summed E-state index contributed by atoms with van der Waals surface area (Å²) in [6.45, 7) is 4.27. The number of nitrogens with one attached hydrogen (secondary N) is 1. The van der Waals surface area contributed by atoms with Gasteiger partial charge in [0.1, 0.15) is 0 Å². The summed E-state index contributed by atoms with van der Waals surface area (Å²) in [5.41, 5.74) is 1.38. The van der Waals surface area contributed by atoms with E-state index in [1.165, 1.54) is 16.9 Å². The van der Waals surface area contributed by atoms with Gasteiger partial charge >= 0.3 is 0 Å². The highest BCUT2D eigenvalue weighted by Gasteiger charge is 2.14. The molecule has 0 aliphatic heterocycles. The van der Waals surface area contributed by atoms with E-state index in [4.69, 9.17) is 11.6 Å². The van der Waals surface area contributed by atoms with Crippen molar-refractivity contribution in [2.45, 2.75) is 25.7 Å². The van der Waals surface area contributed by atoms with E-state index in [2.05, 4.69) is 48.0 Å². The zero-order valence-electron chi connectivity index (χ0n) is 11.2. The number of hydrogen-bond donors (Lipinski definition) is 1. The molecule has 0 saturated heterocycles. The molecule has 1 aromatic heterocycles. The molecule has 1 N–H and O–H groups in total. The van der Waals surface area contributed by atoms with Crippen LogP contribution in [0.5, 0.6) is 0 Å². The first-order chi connectivity index (χ1) is 9.31. The first kappa shape index (κ1) is 14.6. The lowest BCUT2D eigenvalue weighted by Crippen LogP contribution is -2.23. The Balaban J connectivity index is 2.08. The minimum Gasteiger partial charge on any atom is -0.316 e. The zero-order valence-corrected chi connectivity index (χ0v) is 12.8. The predicted molar refractivity (Wildman–Crippen MR) is 85.4 cm³/mol. The summed E-state index contributed by atoms with van der Waals surface area (Å²) < 4.78 is 0. The van der Waals surface area contributed by atoms with Crippen LogP contribution in [0.1, 0.15) is 29.7 Å². The highest BCUT2D eigenvalue weighted by Crippen LogP contribution is 2.28. The summed E-state index contributed by atoms with van der Waals surface area (Å²) in [5, 5.41) is 6.50. The first-order valence-electron chi connectivity index (χ1n) is 6.78. The molecule has 1 aromatic carbocycles. The lowest BCUT2D eigenvalue weighted by Gasteiger charge is -2.17. The molecule has 0 bridgehead atoms. The van der Waals surface area contributed by atoms with Gasteiger partial charge in [0.25, 0.3) is 0 Å². The van der Waals surface area contributed by atoms with Gasteiger partial charge in [-0.3, -0.25) is 0 Å². The Bertz CT molecular complexity index is 481. The van der Waals surface area contributed by atoms with Gasteiger partial charge in [-0.15, -0.1) is 11.3 Å². The van der Waals surface area contributed by atoms with Gasteiger partial charge in [-0.05, 0) is 36.4 Å². The topological polar surface area (TPSA) is 12.0 Å². The summed E-state index contributed by atoms with van der Waals surface area (Å²) in [4.78, 5) is 1.29. The van der Waals surface area contributed by atoms with Crippen LogP contribution < -0.4 is 5.32 Å². The third-order valence-corrected chi connectivity index (χ3v) is 4.62. The average molecular weight is 294 g/mol. The Hall–Kier alpha value is -0.830. The molecule has 0 aliphatic carbocycles. The molecule has 1 heterocycles. The van der Waals surface area contributed by atoms with Gasteiger partial charge in [0.2, 0.25) is 0 Å². The number of benzene rings is 1. The van der Waals surface area contributed by atoms with E-state index >= 15 is 0 Å². The Morgan fingerprint density at radius 3 is 2.63 bits per heavy atom. The van der Waals surface area contributed by atoms with E-state index in [1.54, 1.807) is 11.3 Å². The highest BCUT2D eigenvalue weighted by atomic mass is 35.5. The van der Waals surface area contributed by atoms with Gasteiger partial charge in [0, 0.05) is 17.3 Å². The predicted octanol–water partition coefficient (Wildman–Crippen LogP) is 4.73. The largest absolute Gasteiger partial charge is 0.316 e. The Kier molecular flexibility index (Phi) is 5.90. The van der Waals surface area contributed by atoms with Crippen LogP contribution >= 0.6 is 22.9 Å². The van der Waals surface area contributed by atoms with Crippen molar-refractivity contribution in [3.05, 3.63) is 57.2 Å². The SMILES string of the molecule is CCCNCC(Cc1sccc1Cl)c1ccccc1. The van der Waals surface area contributed by atoms with Gasteiger partial charge < -0.3 is 5.32 Å². The summed E-state index contributed by atoms with van der Waals surface area (Å²) in [6.07, 6.45) is 2.18. The summed E-state index contributed by atoms with van der Waals surface area (Å²) >= 11 is 7.97. The van der Waals surface area contributed by atoms with Crippen molar-refractivity contribution in [2.24, 2.45) is 0 Å². The third-order valence-electron chi connectivity index (χ3n) is 3.21. The van der Waals surface area contributed by atoms with E-state index in [0.29, 0.717) is 5.92 Å². The molecule has 0 amide bonds. The Morgan fingerprint density at radius 2 is 2.00 bits per heavy atom. The minimum atomic E-state index is 0.490. The van der Waals surface area contributed by atoms with Crippen molar-refractivity contribution >= 4 is 22.9 Å². The fourth-order valence-electron chi connectivity index (χ4n) is 2.18. The van der Waals surface area contributed by atoms with Crippen molar-refractivity contribution in [1.29, 1.82) is 0 Å². The molecule has 102 valence electrons. The van der Waals surface area contributed by atoms with E-state index in [-0.39, 0.29) is 0 Å². The van der Waals surface area contributed by atoms with Crippen LogP contribution in [-0.2, 0) is 6.42 Å². The lowest BCUT2D eigenvalue weighted by atomic mass is 9.95. The molecular formula is C16H20ClNS. The maximum Gasteiger partial charge on any atom is 0.0545 e. The quantitative estimate of drug-likeness (QED) is 0.728. The summed E-state index contributed by atoms with van der Waals surface area (Å²) in [5.74, 6) is 0.490. The van der Waals surface area contributed by atoms with Crippen molar-refractivity contribution in [3.8, 4) is 0 Å². The fourth-order valence-corrected chi connectivity index (χ4v) is 3.38.